The van der Waals surface area contributed by atoms with Crippen LogP contribution in [-0.4, -0.2) is 39.4 Å². The molecule has 1 aliphatic rings. The van der Waals surface area contributed by atoms with Crippen LogP contribution in [0.2, 0.25) is 0 Å². The van der Waals surface area contributed by atoms with E-state index in [1.807, 2.05) is 51.8 Å². The Balaban J connectivity index is 1.79. The van der Waals surface area contributed by atoms with E-state index in [4.69, 9.17) is 0 Å². The highest BCUT2D eigenvalue weighted by atomic mass is 16.2. The Hall–Kier alpha value is -2.63. The van der Waals surface area contributed by atoms with Gasteiger partial charge in [0, 0.05) is 57.6 Å². The zero-order valence-corrected chi connectivity index (χ0v) is 17.6. The second-order valence-electron chi connectivity index (χ2n) is 7.80. The van der Waals surface area contributed by atoms with Crippen molar-refractivity contribution < 1.29 is 9.59 Å². The molecular formula is C23H32N4O2. The number of nitrogens with zero attached hydrogens (tertiary/aromatic N) is 4. The molecule has 0 saturated heterocycles. The van der Waals surface area contributed by atoms with Gasteiger partial charge in [0.05, 0.1) is 0 Å². The zero-order valence-electron chi connectivity index (χ0n) is 17.6. The first-order valence-electron chi connectivity index (χ1n) is 10.7. The first-order valence-corrected chi connectivity index (χ1v) is 10.7. The van der Waals surface area contributed by atoms with Gasteiger partial charge in [0.2, 0.25) is 11.8 Å². The minimum Gasteiger partial charge on any atom is -0.338 e. The van der Waals surface area contributed by atoms with Gasteiger partial charge in [-0.25, -0.2) is 4.98 Å². The van der Waals surface area contributed by atoms with Gasteiger partial charge in [0.25, 0.3) is 0 Å². The second kappa shape index (κ2) is 10.2. The van der Waals surface area contributed by atoms with E-state index >= 15 is 0 Å². The highest BCUT2D eigenvalue weighted by Gasteiger charge is 2.20. The summed E-state index contributed by atoms with van der Waals surface area (Å²) in [4.78, 5) is 33.4. The van der Waals surface area contributed by atoms with Crippen molar-refractivity contribution in [2.45, 2.75) is 65.5 Å². The molecule has 156 valence electrons. The molecule has 2 heterocycles. The molecule has 0 radical (unpaired) electrons. The van der Waals surface area contributed by atoms with E-state index in [0.717, 1.165) is 62.3 Å². The average Bonchev–Trinajstić information content (AvgIpc) is 3.11. The van der Waals surface area contributed by atoms with Crippen LogP contribution < -0.4 is 4.90 Å². The Bertz CT molecular complexity index is 830. The summed E-state index contributed by atoms with van der Waals surface area (Å²) >= 11 is 0. The molecule has 3 rings (SSSR count). The van der Waals surface area contributed by atoms with Gasteiger partial charge in [-0.1, -0.05) is 37.5 Å². The number of amides is 2. The zero-order chi connectivity index (χ0) is 20.6. The maximum absolute atomic E-state index is 13.1. The average molecular weight is 397 g/mol. The number of carbonyl (C=O) groups excluding carboxylic acids is 2. The Morgan fingerprint density at radius 2 is 1.76 bits per heavy atom. The fraction of sp³-hybridized carbons (Fsp3) is 0.522. The molecule has 0 unspecified atom stereocenters. The molecule has 0 saturated carbocycles. The van der Waals surface area contributed by atoms with Crippen molar-refractivity contribution in [2.24, 2.45) is 0 Å². The van der Waals surface area contributed by atoms with Crippen molar-refractivity contribution in [3.8, 4) is 0 Å². The quantitative estimate of drug-likeness (QED) is 0.790. The number of rotatable bonds is 3. The molecule has 1 aromatic carbocycles. The van der Waals surface area contributed by atoms with Crippen LogP contribution in [0, 0.1) is 6.92 Å². The molecular weight excluding hydrogens is 364 g/mol. The van der Waals surface area contributed by atoms with Crippen LogP contribution >= 0.6 is 0 Å². The highest BCUT2D eigenvalue weighted by molar-refractivity contribution is 5.92. The minimum atomic E-state index is 0.0583. The van der Waals surface area contributed by atoms with Crippen LogP contribution in [0.3, 0.4) is 0 Å². The van der Waals surface area contributed by atoms with Gasteiger partial charge in [-0.05, 0) is 31.4 Å². The van der Waals surface area contributed by atoms with Crippen molar-refractivity contribution in [2.75, 3.05) is 18.0 Å². The molecule has 0 spiro atoms. The molecule has 0 fully saturated rings. The molecule has 1 aromatic heterocycles. The van der Waals surface area contributed by atoms with Crippen LogP contribution in [0.15, 0.2) is 36.7 Å². The molecule has 2 aromatic rings. The molecule has 1 aliphatic heterocycles. The third kappa shape index (κ3) is 5.68. The van der Waals surface area contributed by atoms with Crippen molar-refractivity contribution >= 4 is 17.5 Å². The Morgan fingerprint density at radius 3 is 2.48 bits per heavy atom. The number of imidazole rings is 1. The third-order valence-electron chi connectivity index (χ3n) is 5.68. The maximum Gasteiger partial charge on any atom is 0.224 e. The lowest BCUT2D eigenvalue weighted by molar-refractivity contribution is -0.132. The van der Waals surface area contributed by atoms with E-state index in [1.54, 1.807) is 13.1 Å². The summed E-state index contributed by atoms with van der Waals surface area (Å²) < 4.78 is 2.01. The van der Waals surface area contributed by atoms with Gasteiger partial charge < -0.3 is 14.4 Å². The number of hydrogen-bond acceptors (Lipinski definition) is 3. The van der Waals surface area contributed by atoms with Gasteiger partial charge in [-0.2, -0.15) is 0 Å². The summed E-state index contributed by atoms with van der Waals surface area (Å²) in [6.45, 7) is 6.26. The first kappa shape index (κ1) is 21.1. The fourth-order valence-electron chi connectivity index (χ4n) is 3.97. The summed E-state index contributed by atoms with van der Waals surface area (Å²) in [5.41, 5.74) is 1.97. The number of benzene rings is 1. The molecule has 0 N–H and O–H groups in total. The minimum absolute atomic E-state index is 0.0583. The predicted molar refractivity (Wildman–Crippen MR) is 115 cm³/mol. The Kier molecular flexibility index (Phi) is 7.44. The number of aromatic nitrogens is 2. The van der Waals surface area contributed by atoms with Crippen molar-refractivity contribution in [3.63, 3.8) is 0 Å². The Labute approximate surface area is 173 Å². The van der Waals surface area contributed by atoms with E-state index in [2.05, 4.69) is 4.98 Å². The standard InChI is InChI=1S/C23H32N4O2/c1-19-24-13-17-25(19)16-12-23(29)26-14-8-4-3-5-9-15-27(20(2)28)22-11-7-6-10-21(22)18-26/h6-7,10-11,13,17H,3-5,8-9,12,14-16,18H2,1-2H3. The number of hydrogen-bond donors (Lipinski definition) is 0. The van der Waals surface area contributed by atoms with Gasteiger partial charge in [0.15, 0.2) is 0 Å². The summed E-state index contributed by atoms with van der Waals surface area (Å²) in [5, 5.41) is 0. The molecule has 0 aliphatic carbocycles. The predicted octanol–water partition coefficient (Wildman–Crippen LogP) is 3.93. The van der Waals surface area contributed by atoms with Gasteiger partial charge in [-0.3, -0.25) is 9.59 Å². The van der Waals surface area contributed by atoms with Crippen molar-refractivity contribution in [3.05, 3.63) is 48.0 Å². The smallest absolute Gasteiger partial charge is 0.224 e. The molecule has 2 amide bonds. The maximum atomic E-state index is 13.1. The highest BCUT2D eigenvalue weighted by Crippen LogP contribution is 2.24. The normalized spacial score (nSPS) is 15.9. The summed E-state index contributed by atoms with van der Waals surface area (Å²) in [6, 6.07) is 7.99. The van der Waals surface area contributed by atoms with Crippen molar-refractivity contribution in [1.29, 1.82) is 0 Å². The topological polar surface area (TPSA) is 58.4 Å². The molecule has 0 bridgehead atoms. The number of anilines is 1. The number of aryl methyl sites for hydroxylation is 2. The molecule has 6 nitrogen and oxygen atoms in total. The lowest BCUT2D eigenvalue weighted by Crippen LogP contribution is -2.35. The lowest BCUT2D eigenvalue weighted by Gasteiger charge is -2.29. The van der Waals surface area contributed by atoms with E-state index in [0.29, 0.717) is 19.5 Å². The summed E-state index contributed by atoms with van der Waals surface area (Å²) in [6.07, 6.45) is 9.54. The van der Waals surface area contributed by atoms with Gasteiger partial charge in [0.1, 0.15) is 5.82 Å². The SMILES string of the molecule is CC(=O)N1CCCCCCCN(C(=O)CCn2ccnc2C)Cc2ccccc21. The number of fused-ring (bicyclic) bond motifs is 1. The number of para-hydroxylation sites is 1. The largest absolute Gasteiger partial charge is 0.338 e. The monoisotopic (exact) mass is 396 g/mol. The van der Waals surface area contributed by atoms with Crippen LogP contribution in [0.25, 0.3) is 0 Å². The molecule has 6 heteroatoms. The fourth-order valence-corrected chi connectivity index (χ4v) is 3.97. The van der Waals surface area contributed by atoms with Crippen molar-refractivity contribution in [1.82, 2.24) is 14.5 Å². The summed E-state index contributed by atoms with van der Waals surface area (Å²) in [5.74, 6) is 1.14. The lowest BCUT2D eigenvalue weighted by atomic mass is 10.1. The number of carbonyl (C=O) groups is 2. The van der Waals surface area contributed by atoms with E-state index in [9.17, 15) is 9.59 Å². The first-order chi connectivity index (χ1) is 14.1. The van der Waals surface area contributed by atoms with Crippen LogP contribution in [0.4, 0.5) is 5.69 Å². The van der Waals surface area contributed by atoms with E-state index < -0.39 is 0 Å². The van der Waals surface area contributed by atoms with Crippen LogP contribution in [0.1, 0.15) is 56.8 Å². The van der Waals surface area contributed by atoms with E-state index in [1.165, 1.54) is 0 Å². The summed E-state index contributed by atoms with van der Waals surface area (Å²) in [7, 11) is 0. The van der Waals surface area contributed by atoms with Crippen LogP contribution in [0.5, 0.6) is 0 Å². The van der Waals surface area contributed by atoms with E-state index in [-0.39, 0.29) is 11.8 Å². The molecule has 29 heavy (non-hydrogen) atoms. The van der Waals surface area contributed by atoms with Gasteiger partial charge >= 0.3 is 0 Å². The van der Waals surface area contributed by atoms with Gasteiger partial charge in [-0.15, -0.1) is 0 Å². The third-order valence-corrected chi connectivity index (χ3v) is 5.68. The second-order valence-corrected chi connectivity index (χ2v) is 7.80. The molecule has 0 atom stereocenters. The Morgan fingerprint density at radius 1 is 1.03 bits per heavy atom. The van der Waals surface area contributed by atoms with Crippen LogP contribution in [-0.2, 0) is 22.7 Å².